The first-order chi connectivity index (χ1) is 9.45. The summed E-state index contributed by atoms with van der Waals surface area (Å²) in [6.07, 6.45) is 0. The fourth-order valence-corrected chi connectivity index (χ4v) is 1.73. The van der Waals surface area contributed by atoms with E-state index in [2.05, 4.69) is 16.0 Å². The van der Waals surface area contributed by atoms with Crippen LogP contribution in [0.2, 0.25) is 0 Å². The van der Waals surface area contributed by atoms with E-state index in [1.165, 1.54) is 0 Å². The summed E-state index contributed by atoms with van der Waals surface area (Å²) in [4.78, 5) is 32.6. The number of nitro groups is 1. The Morgan fingerprint density at radius 2 is 2.20 bits per heavy atom. The second-order valence-corrected chi connectivity index (χ2v) is 4.18. The summed E-state index contributed by atoms with van der Waals surface area (Å²) >= 11 is 0. The molecule has 1 aromatic carbocycles. The van der Waals surface area contributed by atoms with Gasteiger partial charge in [0, 0.05) is 12.6 Å². The molecule has 9 heteroatoms. The molecule has 3 N–H and O–H groups in total. The predicted octanol–water partition coefficient (Wildman–Crippen LogP) is -0.240. The van der Waals surface area contributed by atoms with E-state index in [-0.39, 0.29) is 24.7 Å². The van der Waals surface area contributed by atoms with Gasteiger partial charge in [-0.05, 0) is 6.07 Å². The van der Waals surface area contributed by atoms with Gasteiger partial charge in [-0.1, -0.05) is 0 Å². The molecule has 2 amide bonds. The molecular weight excluding hydrogens is 271 g/mol. The highest BCUT2D eigenvalue weighted by Gasteiger charge is 2.24. The van der Waals surface area contributed by atoms with E-state index < -0.39 is 28.4 Å². The molecule has 2 rings (SSSR count). The summed E-state index contributed by atoms with van der Waals surface area (Å²) in [6.45, 7) is 0.101. The van der Waals surface area contributed by atoms with Crippen molar-refractivity contribution in [3.63, 3.8) is 0 Å². The summed E-state index contributed by atoms with van der Waals surface area (Å²) in [5.41, 5.74) is -0.467. The molecule has 20 heavy (non-hydrogen) atoms. The lowest BCUT2D eigenvalue weighted by Crippen LogP contribution is -2.56. The number of nitro benzene ring substituents is 1. The van der Waals surface area contributed by atoms with Crippen LogP contribution in [0.5, 0.6) is 0 Å². The smallest absolute Gasteiger partial charge is 0.274 e. The summed E-state index contributed by atoms with van der Waals surface area (Å²) in [7, 11) is 0. The first kappa shape index (κ1) is 13.9. The Morgan fingerprint density at radius 3 is 2.80 bits per heavy atom. The van der Waals surface area contributed by atoms with Crippen molar-refractivity contribution in [3.8, 4) is 0 Å². The number of non-ortho nitro benzene ring substituents is 1. The average molecular weight is 282 g/mol. The van der Waals surface area contributed by atoms with Crippen molar-refractivity contribution < 1.29 is 18.9 Å². The molecule has 0 aromatic heterocycles. The zero-order chi connectivity index (χ0) is 14.7. The maximum absolute atomic E-state index is 13.2. The summed E-state index contributed by atoms with van der Waals surface area (Å²) < 4.78 is 13.2. The predicted molar refractivity (Wildman–Crippen MR) is 66.5 cm³/mol. The van der Waals surface area contributed by atoms with Crippen molar-refractivity contribution in [2.45, 2.75) is 6.04 Å². The highest BCUT2D eigenvalue weighted by atomic mass is 19.1. The molecule has 1 heterocycles. The topological polar surface area (TPSA) is 113 Å². The molecule has 0 spiro atoms. The number of carbonyl (C=O) groups excluding carboxylic acids is 2. The Hall–Kier alpha value is -2.55. The van der Waals surface area contributed by atoms with Crippen LogP contribution in [-0.4, -0.2) is 35.9 Å². The third-order valence-electron chi connectivity index (χ3n) is 2.69. The van der Waals surface area contributed by atoms with E-state index in [4.69, 9.17) is 0 Å². The lowest BCUT2D eigenvalue weighted by molar-refractivity contribution is -0.385. The number of nitrogens with one attached hydrogen (secondary N) is 3. The van der Waals surface area contributed by atoms with Crippen molar-refractivity contribution in [2.24, 2.45) is 0 Å². The zero-order valence-electron chi connectivity index (χ0n) is 10.2. The van der Waals surface area contributed by atoms with E-state index in [9.17, 15) is 24.1 Å². The Labute approximate surface area is 112 Å². The molecule has 0 aliphatic carbocycles. The number of rotatable bonds is 3. The SMILES string of the molecule is O=C1CNC(C(=O)Nc2cc(F)cc([N+](=O)[O-])c2)CN1. The Bertz CT molecular complexity index is 568. The fraction of sp³-hybridized carbons (Fsp3) is 0.273. The minimum atomic E-state index is -0.820. The molecule has 1 fully saturated rings. The molecule has 0 bridgehead atoms. The van der Waals surface area contributed by atoms with Crippen LogP contribution in [0.15, 0.2) is 18.2 Å². The number of halogens is 1. The molecule has 1 saturated heterocycles. The summed E-state index contributed by atoms with van der Waals surface area (Å²) in [6, 6.07) is 2.12. The summed E-state index contributed by atoms with van der Waals surface area (Å²) in [5, 5.41) is 18.1. The Kier molecular flexibility index (Phi) is 3.89. The van der Waals surface area contributed by atoms with Crippen LogP contribution in [0.3, 0.4) is 0 Å². The largest absolute Gasteiger partial charge is 0.353 e. The second-order valence-electron chi connectivity index (χ2n) is 4.18. The van der Waals surface area contributed by atoms with Gasteiger partial charge in [-0.25, -0.2) is 4.39 Å². The number of amides is 2. The Balaban J connectivity index is 2.07. The van der Waals surface area contributed by atoms with Gasteiger partial charge in [0.25, 0.3) is 5.69 Å². The molecule has 8 nitrogen and oxygen atoms in total. The first-order valence-electron chi connectivity index (χ1n) is 5.71. The molecule has 0 saturated carbocycles. The molecular formula is C11H11FN4O4. The number of carbonyl (C=O) groups is 2. The number of piperazine rings is 1. The minimum Gasteiger partial charge on any atom is -0.353 e. The van der Waals surface area contributed by atoms with Gasteiger partial charge in [0.2, 0.25) is 11.8 Å². The first-order valence-corrected chi connectivity index (χ1v) is 5.71. The van der Waals surface area contributed by atoms with E-state index >= 15 is 0 Å². The highest BCUT2D eigenvalue weighted by molar-refractivity contribution is 5.96. The van der Waals surface area contributed by atoms with Crippen LogP contribution < -0.4 is 16.0 Å². The van der Waals surface area contributed by atoms with Crippen LogP contribution in [0.1, 0.15) is 0 Å². The summed E-state index contributed by atoms with van der Waals surface area (Å²) in [5.74, 6) is -1.56. The van der Waals surface area contributed by atoms with Gasteiger partial charge in [0.1, 0.15) is 11.9 Å². The van der Waals surface area contributed by atoms with E-state index in [1.54, 1.807) is 0 Å². The quantitative estimate of drug-likeness (QED) is 0.523. The van der Waals surface area contributed by atoms with Crippen molar-refractivity contribution in [2.75, 3.05) is 18.4 Å². The molecule has 1 aromatic rings. The van der Waals surface area contributed by atoms with Crippen molar-refractivity contribution in [1.82, 2.24) is 10.6 Å². The molecule has 1 aliphatic heterocycles. The monoisotopic (exact) mass is 282 g/mol. The van der Waals surface area contributed by atoms with Gasteiger partial charge >= 0.3 is 0 Å². The van der Waals surface area contributed by atoms with Gasteiger partial charge < -0.3 is 10.6 Å². The normalized spacial score (nSPS) is 18.2. The number of anilines is 1. The van der Waals surface area contributed by atoms with Gasteiger partial charge in [0.05, 0.1) is 23.2 Å². The Morgan fingerprint density at radius 1 is 1.45 bits per heavy atom. The third kappa shape index (κ3) is 3.26. The molecule has 1 aliphatic rings. The number of hydrogen-bond donors (Lipinski definition) is 3. The van der Waals surface area contributed by atoms with Crippen LogP contribution in [-0.2, 0) is 9.59 Å². The standard InChI is InChI=1S/C11H11FN4O4/c12-6-1-7(3-8(2-6)16(19)20)15-11(18)9-4-14-10(17)5-13-9/h1-3,9,13H,4-5H2,(H,14,17)(H,15,18). The van der Waals surface area contributed by atoms with Crippen molar-refractivity contribution >= 4 is 23.2 Å². The molecule has 106 valence electrons. The number of benzene rings is 1. The second kappa shape index (κ2) is 5.61. The third-order valence-corrected chi connectivity index (χ3v) is 2.69. The number of hydrogen-bond acceptors (Lipinski definition) is 5. The molecule has 1 unspecified atom stereocenters. The van der Waals surface area contributed by atoms with E-state index in [0.29, 0.717) is 0 Å². The van der Waals surface area contributed by atoms with Gasteiger partial charge in [-0.15, -0.1) is 0 Å². The fourth-order valence-electron chi connectivity index (χ4n) is 1.73. The van der Waals surface area contributed by atoms with Gasteiger partial charge in [0.15, 0.2) is 0 Å². The van der Waals surface area contributed by atoms with Crippen LogP contribution in [0.4, 0.5) is 15.8 Å². The van der Waals surface area contributed by atoms with Crippen LogP contribution >= 0.6 is 0 Å². The molecule has 1 atom stereocenters. The van der Waals surface area contributed by atoms with E-state index in [0.717, 1.165) is 18.2 Å². The maximum Gasteiger partial charge on any atom is 0.274 e. The maximum atomic E-state index is 13.2. The average Bonchev–Trinajstić information content (AvgIpc) is 2.38. The van der Waals surface area contributed by atoms with Gasteiger partial charge in [-0.2, -0.15) is 0 Å². The van der Waals surface area contributed by atoms with Crippen molar-refractivity contribution in [3.05, 3.63) is 34.1 Å². The lowest BCUT2D eigenvalue weighted by atomic mass is 10.2. The zero-order valence-corrected chi connectivity index (χ0v) is 10.2. The van der Waals surface area contributed by atoms with Crippen LogP contribution in [0, 0.1) is 15.9 Å². The van der Waals surface area contributed by atoms with Gasteiger partial charge in [-0.3, -0.25) is 25.0 Å². The van der Waals surface area contributed by atoms with Crippen LogP contribution in [0.25, 0.3) is 0 Å². The highest BCUT2D eigenvalue weighted by Crippen LogP contribution is 2.20. The minimum absolute atomic E-state index is 0.00137. The number of nitrogens with zero attached hydrogens (tertiary/aromatic N) is 1. The van der Waals surface area contributed by atoms with Crippen molar-refractivity contribution in [1.29, 1.82) is 0 Å². The molecule has 0 radical (unpaired) electrons. The lowest BCUT2D eigenvalue weighted by Gasteiger charge is -2.23. The van der Waals surface area contributed by atoms with E-state index in [1.807, 2.05) is 0 Å².